The monoisotopic (exact) mass is 241 g/mol. The van der Waals surface area contributed by atoms with Crippen LogP contribution in [0.25, 0.3) is 0 Å². The molecule has 88 valence electrons. The summed E-state index contributed by atoms with van der Waals surface area (Å²) >= 11 is 5.84. The summed E-state index contributed by atoms with van der Waals surface area (Å²) in [5.41, 5.74) is 0. The molecule has 1 aromatic heterocycles. The second-order valence-corrected chi connectivity index (χ2v) is 4.44. The van der Waals surface area contributed by atoms with Gasteiger partial charge in [-0.1, -0.05) is 11.6 Å². The van der Waals surface area contributed by atoms with E-state index < -0.39 is 0 Å². The van der Waals surface area contributed by atoms with E-state index in [-0.39, 0.29) is 6.61 Å². The maximum atomic E-state index is 9.05. The molecule has 1 saturated heterocycles. The predicted molar refractivity (Wildman–Crippen MR) is 63.7 cm³/mol. The quantitative estimate of drug-likeness (QED) is 0.878. The molecule has 1 N–H and O–H groups in total. The van der Waals surface area contributed by atoms with Gasteiger partial charge in [0.15, 0.2) is 0 Å². The zero-order valence-electron chi connectivity index (χ0n) is 9.14. The maximum absolute atomic E-state index is 9.05. The van der Waals surface area contributed by atoms with Gasteiger partial charge >= 0.3 is 0 Å². The van der Waals surface area contributed by atoms with Gasteiger partial charge in [0.2, 0.25) is 0 Å². The van der Waals surface area contributed by atoms with Crippen LogP contribution in [0, 0.1) is 0 Å². The van der Waals surface area contributed by atoms with Crippen LogP contribution in [-0.2, 0) is 0 Å². The van der Waals surface area contributed by atoms with Gasteiger partial charge < -0.3 is 10.0 Å². The first-order valence-corrected chi connectivity index (χ1v) is 6.04. The summed E-state index contributed by atoms with van der Waals surface area (Å²) in [6, 6.07) is 0.367. The molecule has 1 fully saturated rings. The van der Waals surface area contributed by atoms with E-state index in [9.17, 15) is 0 Å². The van der Waals surface area contributed by atoms with E-state index in [2.05, 4.69) is 14.9 Å². The van der Waals surface area contributed by atoms with Gasteiger partial charge in [0.1, 0.15) is 11.0 Å². The third-order valence-electron chi connectivity index (χ3n) is 2.98. The van der Waals surface area contributed by atoms with E-state index in [0.29, 0.717) is 11.2 Å². The summed E-state index contributed by atoms with van der Waals surface area (Å²) in [5, 5.41) is 9.47. The summed E-state index contributed by atoms with van der Waals surface area (Å²) < 4.78 is 0. The minimum atomic E-state index is 0.217. The number of hydrogen-bond donors (Lipinski definition) is 1. The number of aliphatic hydroxyl groups is 1. The normalized spacial score (nSPS) is 21.1. The number of anilines is 1. The highest BCUT2D eigenvalue weighted by molar-refractivity contribution is 6.29. The Kier molecular flexibility index (Phi) is 3.96. The Labute approximate surface area is 100 Å². The molecular weight excluding hydrogens is 226 g/mol. The molecular formula is C11H16ClN3O. The zero-order chi connectivity index (χ0) is 11.4. The summed E-state index contributed by atoms with van der Waals surface area (Å²) in [6.07, 6.45) is 7.55. The van der Waals surface area contributed by atoms with E-state index in [1.54, 1.807) is 6.20 Å². The molecule has 0 spiro atoms. The Balaban J connectivity index is 2.16. The number of hydrogen-bond acceptors (Lipinski definition) is 4. The number of nitrogens with zero attached hydrogens (tertiary/aromatic N) is 3. The van der Waals surface area contributed by atoms with Crippen LogP contribution in [0.2, 0.25) is 5.15 Å². The van der Waals surface area contributed by atoms with Gasteiger partial charge in [0.05, 0.1) is 12.4 Å². The minimum Gasteiger partial charge on any atom is -0.396 e. The lowest BCUT2D eigenvalue weighted by Crippen LogP contribution is -2.40. The SMILES string of the molecule is OCCC1CCCCN1c1cncc(Cl)n1. The van der Waals surface area contributed by atoms with Crippen LogP contribution in [0.5, 0.6) is 0 Å². The van der Waals surface area contributed by atoms with Crippen molar-refractivity contribution in [2.45, 2.75) is 31.7 Å². The largest absolute Gasteiger partial charge is 0.396 e. The first-order chi connectivity index (χ1) is 7.81. The van der Waals surface area contributed by atoms with E-state index in [0.717, 1.165) is 31.6 Å². The summed E-state index contributed by atoms with van der Waals surface area (Å²) in [5.74, 6) is 0.825. The van der Waals surface area contributed by atoms with Crippen molar-refractivity contribution in [3.05, 3.63) is 17.5 Å². The molecule has 5 heteroatoms. The Morgan fingerprint density at radius 2 is 2.31 bits per heavy atom. The molecule has 0 saturated carbocycles. The standard InChI is InChI=1S/C11H16ClN3O/c12-10-7-13-8-11(14-10)15-5-2-1-3-9(15)4-6-16/h7-9,16H,1-6H2. The van der Waals surface area contributed by atoms with Crippen LogP contribution < -0.4 is 4.90 Å². The fourth-order valence-electron chi connectivity index (χ4n) is 2.22. The van der Waals surface area contributed by atoms with Gasteiger partial charge in [0, 0.05) is 19.2 Å². The third kappa shape index (κ3) is 2.62. The third-order valence-corrected chi connectivity index (χ3v) is 3.16. The molecule has 1 unspecified atom stereocenters. The highest BCUT2D eigenvalue weighted by Gasteiger charge is 2.23. The lowest BCUT2D eigenvalue weighted by Gasteiger charge is -2.36. The van der Waals surface area contributed by atoms with Crippen molar-refractivity contribution < 1.29 is 5.11 Å². The smallest absolute Gasteiger partial charge is 0.149 e. The number of halogens is 1. The number of piperidine rings is 1. The van der Waals surface area contributed by atoms with E-state index in [1.807, 2.05) is 0 Å². The second kappa shape index (κ2) is 5.46. The van der Waals surface area contributed by atoms with Crippen molar-refractivity contribution in [1.29, 1.82) is 0 Å². The van der Waals surface area contributed by atoms with E-state index in [1.165, 1.54) is 12.6 Å². The van der Waals surface area contributed by atoms with Gasteiger partial charge in [-0.05, 0) is 25.7 Å². The van der Waals surface area contributed by atoms with E-state index in [4.69, 9.17) is 16.7 Å². The van der Waals surface area contributed by atoms with Crippen LogP contribution in [0.4, 0.5) is 5.82 Å². The number of aromatic nitrogens is 2. The fourth-order valence-corrected chi connectivity index (χ4v) is 2.37. The second-order valence-electron chi connectivity index (χ2n) is 4.06. The molecule has 1 aliphatic rings. The molecule has 2 rings (SSSR count). The molecule has 0 radical (unpaired) electrons. The summed E-state index contributed by atoms with van der Waals surface area (Å²) in [7, 11) is 0. The fraction of sp³-hybridized carbons (Fsp3) is 0.636. The summed E-state index contributed by atoms with van der Waals surface area (Å²) in [4.78, 5) is 10.5. The zero-order valence-corrected chi connectivity index (χ0v) is 9.90. The molecule has 16 heavy (non-hydrogen) atoms. The molecule has 0 aromatic carbocycles. The van der Waals surface area contributed by atoms with Crippen LogP contribution in [0.1, 0.15) is 25.7 Å². The molecule has 1 atom stereocenters. The van der Waals surface area contributed by atoms with Crippen LogP contribution in [0.3, 0.4) is 0 Å². The van der Waals surface area contributed by atoms with Gasteiger partial charge in [-0.25, -0.2) is 4.98 Å². The minimum absolute atomic E-state index is 0.217. The van der Waals surface area contributed by atoms with Gasteiger partial charge in [-0.15, -0.1) is 0 Å². The van der Waals surface area contributed by atoms with Crippen molar-refractivity contribution in [2.24, 2.45) is 0 Å². The van der Waals surface area contributed by atoms with Gasteiger partial charge in [0.25, 0.3) is 0 Å². The van der Waals surface area contributed by atoms with Crippen LogP contribution in [0.15, 0.2) is 12.4 Å². The highest BCUT2D eigenvalue weighted by Crippen LogP contribution is 2.25. The van der Waals surface area contributed by atoms with Crippen LogP contribution in [-0.4, -0.2) is 34.3 Å². The summed E-state index contributed by atoms with van der Waals surface area (Å²) in [6.45, 7) is 1.19. The van der Waals surface area contributed by atoms with Crippen molar-refractivity contribution in [1.82, 2.24) is 9.97 Å². The average Bonchev–Trinajstić information content (AvgIpc) is 2.30. The predicted octanol–water partition coefficient (Wildman–Crippen LogP) is 1.87. The molecule has 1 aromatic rings. The first kappa shape index (κ1) is 11.6. The van der Waals surface area contributed by atoms with Gasteiger partial charge in [-0.2, -0.15) is 0 Å². The molecule has 0 bridgehead atoms. The highest BCUT2D eigenvalue weighted by atomic mass is 35.5. The number of rotatable bonds is 3. The first-order valence-electron chi connectivity index (χ1n) is 5.66. The lowest BCUT2D eigenvalue weighted by molar-refractivity contribution is 0.262. The van der Waals surface area contributed by atoms with Crippen molar-refractivity contribution in [3.8, 4) is 0 Å². The average molecular weight is 242 g/mol. The van der Waals surface area contributed by atoms with Crippen molar-refractivity contribution in [3.63, 3.8) is 0 Å². The van der Waals surface area contributed by atoms with Crippen molar-refractivity contribution in [2.75, 3.05) is 18.1 Å². The van der Waals surface area contributed by atoms with Crippen LogP contribution >= 0.6 is 11.6 Å². The Morgan fingerprint density at radius 1 is 1.44 bits per heavy atom. The topological polar surface area (TPSA) is 49.2 Å². The molecule has 0 amide bonds. The Bertz CT molecular complexity index is 346. The molecule has 0 aliphatic carbocycles. The number of aliphatic hydroxyl groups excluding tert-OH is 1. The van der Waals surface area contributed by atoms with Gasteiger partial charge in [-0.3, -0.25) is 4.98 Å². The Hall–Kier alpha value is -0.870. The van der Waals surface area contributed by atoms with Crippen molar-refractivity contribution >= 4 is 17.4 Å². The maximum Gasteiger partial charge on any atom is 0.149 e. The van der Waals surface area contributed by atoms with E-state index >= 15 is 0 Å². The lowest BCUT2D eigenvalue weighted by atomic mass is 10.00. The molecule has 2 heterocycles. The molecule has 1 aliphatic heterocycles. The molecule has 4 nitrogen and oxygen atoms in total. The Morgan fingerprint density at radius 3 is 3.06 bits per heavy atom.